The molecular weight excluding hydrogens is 374 g/mol. The number of rotatable bonds is 11. The molecule has 0 saturated heterocycles. The predicted octanol–water partition coefficient (Wildman–Crippen LogP) is 2.19. The third-order valence-electron chi connectivity index (χ3n) is 3.02. The number of carbonyl (C=O) groups excluding carboxylic acids is 1. The minimum atomic E-state index is -1.97. The second-order valence-electron chi connectivity index (χ2n) is 5.08. The van der Waals surface area contributed by atoms with Crippen molar-refractivity contribution in [3.05, 3.63) is 0 Å². The fourth-order valence-electron chi connectivity index (χ4n) is 1.60. The fourth-order valence-corrected chi connectivity index (χ4v) is 2.63. The second kappa shape index (κ2) is 17.5. The zero-order valence-corrected chi connectivity index (χ0v) is 18.1. The van der Waals surface area contributed by atoms with E-state index in [1.807, 2.05) is 27.7 Å². The fraction of sp³-hybridized carbons (Fsp3) is 0.929. The van der Waals surface area contributed by atoms with Gasteiger partial charge in [0.15, 0.2) is 0 Å². The average molecular weight is 407 g/mol. The van der Waals surface area contributed by atoms with Gasteiger partial charge in [0.05, 0.1) is 5.41 Å². The summed E-state index contributed by atoms with van der Waals surface area (Å²) in [7, 11) is -1.97. The van der Waals surface area contributed by atoms with E-state index >= 15 is 0 Å². The molecule has 0 aliphatic carbocycles. The molecule has 23 heavy (non-hydrogen) atoms. The number of hydrogen-bond donors (Lipinski definition) is 3. The number of hydrogen-bond acceptors (Lipinski definition) is 7. The van der Waals surface area contributed by atoms with Crippen LogP contribution in [0.25, 0.3) is 0 Å². The maximum atomic E-state index is 12.0. The Kier molecular flexibility index (Phi) is 21.7. The van der Waals surface area contributed by atoms with Crippen molar-refractivity contribution in [3.63, 3.8) is 0 Å². The molecule has 0 rings (SSSR count). The summed E-state index contributed by atoms with van der Waals surface area (Å²) in [4.78, 5) is 31.6. The summed E-state index contributed by atoms with van der Waals surface area (Å²) in [6.45, 7) is 13.2. The molecule has 4 N–H and O–H groups in total. The van der Waals surface area contributed by atoms with Gasteiger partial charge in [0.2, 0.25) is 7.58 Å². The normalized spacial score (nSPS) is 10.9. The van der Waals surface area contributed by atoms with E-state index in [9.17, 15) is 4.79 Å². The monoisotopic (exact) mass is 407 g/mol. The summed E-state index contributed by atoms with van der Waals surface area (Å²) in [6, 6.07) is 0. The third-order valence-corrected chi connectivity index (χ3v) is 4.84. The van der Waals surface area contributed by atoms with Gasteiger partial charge in [0, 0.05) is 37.4 Å². The number of esters is 1. The number of nitrogens with zero attached hydrogens (tertiary/aromatic N) is 1. The van der Waals surface area contributed by atoms with E-state index < -0.39 is 13.0 Å². The summed E-state index contributed by atoms with van der Waals surface area (Å²) >= 11 is 0.989. The SMILES string of the molecule is CC.CCN(CCN)CCC(C)(C)C(=O)OCCSP(O)O.[V]. The molecule has 1 radical (unpaired) electrons. The molecule has 0 aromatic rings. The second-order valence-corrected chi connectivity index (χ2v) is 8.01. The summed E-state index contributed by atoms with van der Waals surface area (Å²) in [6.07, 6.45) is 0.708. The van der Waals surface area contributed by atoms with Crippen molar-refractivity contribution in [2.45, 2.75) is 41.0 Å². The maximum absolute atomic E-state index is 12.0. The summed E-state index contributed by atoms with van der Waals surface area (Å²) < 4.78 is 5.17. The van der Waals surface area contributed by atoms with E-state index in [2.05, 4.69) is 11.8 Å². The Morgan fingerprint density at radius 1 is 1.30 bits per heavy atom. The topological polar surface area (TPSA) is 96.0 Å². The minimum Gasteiger partial charge on any atom is -0.464 e. The molecular formula is C14H33N2O4PSV. The molecule has 0 fully saturated rings. The van der Waals surface area contributed by atoms with Gasteiger partial charge in [-0.05, 0) is 33.4 Å². The van der Waals surface area contributed by atoms with Gasteiger partial charge in [0.1, 0.15) is 6.61 Å². The van der Waals surface area contributed by atoms with Crippen molar-refractivity contribution < 1.29 is 37.9 Å². The first-order valence-electron chi connectivity index (χ1n) is 7.74. The third kappa shape index (κ3) is 15.9. The summed E-state index contributed by atoms with van der Waals surface area (Å²) in [5.74, 6) is 0.150. The van der Waals surface area contributed by atoms with Crippen LogP contribution in [0.4, 0.5) is 0 Å². The van der Waals surface area contributed by atoms with Crippen molar-refractivity contribution >= 4 is 24.9 Å². The molecule has 0 unspecified atom stereocenters. The van der Waals surface area contributed by atoms with Crippen molar-refractivity contribution in [1.82, 2.24) is 4.90 Å². The van der Waals surface area contributed by atoms with Gasteiger partial charge in [0.25, 0.3) is 0 Å². The van der Waals surface area contributed by atoms with Gasteiger partial charge in [-0.1, -0.05) is 32.2 Å². The van der Waals surface area contributed by atoms with Crippen LogP contribution in [-0.2, 0) is 28.1 Å². The van der Waals surface area contributed by atoms with E-state index in [0.29, 0.717) is 18.7 Å². The average Bonchev–Trinajstić information content (AvgIpc) is 2.49. The Morgan fingerprint density at radius 3 is 2.30 bits per heavy atom. The zero-order valence-electron chi connectivity index (χ0n) is 15.0. The smallest absolute Gasteiger partial charge is 0.311 e. The number of nitrogens with two attached hydrogens (primary N) is 1. The van der Waals surface area contributed by atoms with Crippen molar-refractivity contribution in [1.29, 1.82) is 0 Å². The maximum Gasteiger partial charge on any atom is 0.311 e. The van der Waals surface area contributed by atoms with Crippen LogP contribution in [-0.4, -0.2) is 59.2 Å². The molecule has 0 aromatic heterocycles. The molecule has 9 heteroatoms. The Hall–Kier alpha value is 0.674. The minimum absolute atomic E-state index is 0. The van der Waals surface area contributed by atoms with Gasteiger partial charge < -0.3 is 25.2 Å². The summed E-state index contributed by atoms with van der Waals surface area (Å²) in [5.41, 5.74) is 4.99. The van der Waals surface area contributed by atoms with Crippen LogP contribution in [0.15, 0.2) is 0 Å². The van der Waals surface area contributed by atoms with Crippen LogP contribution in [0, 0.1) is 5.41 Å². The van der Waals surface area contributed by atoms with Crippen LogP contribution in [0.2, 0.25) is 0 Å². The molecule has 0 atom stereocenters. The molecule has 0 aliphatic rings. The molecule has 0 aromatic carbocycles. The Bertz CT molecular complexity index is 288. The van der Waals surface area contributed by atoms with Gasteiger partial charge in [-0.2, -0.15) is 0 Å². The van der Waals surface area contributed by atoms with Crippen molar-refractivity contribution in [2.75, 3.05) is 38.5 Å². The number of ether oxygens (including phenoxy) is 1. The van der Waals surface area contributed by atoms with Crippen LogP contribution in [0.3, 0.4) is 0 Å². The van der Waals surface area contributed by atoms with E-state index in [-0.39, 0.29) is 31.1 Å². The van der Waals surface area contributed by atoms with Gasteiger partial charge in [-0.15, -0.1) is 0 Å². The molecule has 0 spiro atoms. The molecule has 0 saturated carbocycles. The van der Waals surface area contributed by atoms with Crippen molar-refractivity contribution in [3.8, 4) is 0 Å². The van der Waals surface area contributed by atoms with E-state index in [0.717, 1.165) is 31.0 Å². The predicted molar refractivity (Wildman–Crippen MR) is 95.7 cm³/mol. The molecule has 0 bridgehead atoms. The molecule has 0 heterocycles. The molecule has 0 amide bonds. The zero-order chi connectivity index (χ0) is 17.6. The van der Waals surface area contributed by atoms with Gasteiger partial charge in [-0.3, -0.25) is 4.79 Å². The van der Waals surface area contributed by atoms with Gasteiger partial charge in [-0.25, -0.2) is 0 Å². The Morgan fingerprint density at radius 2 is 1.87 bits per heavy atom. The van der Waals surface area contributed by atoms with Crippen LogP contribution < -0.4 is 5.73 Å². The van der Waals surface area contributed by atoms with Gasteiger partial charge >= 0.3 is 5.97 Å². The molecule has 0 aliphatic heterocycles. The van der Waals surface area contributed by atoms with Crippen LogP contribution >= 0.6 is 19.0 Å². The van der Waals surface area contributed by atoms with Crippen molar-refractivity contribution in [2.24, 2.45) is 11.1 Å². The summed E-state index contributed by atoms with van der Waals surface area (Å²) in [5, 5.41) is 0. The first-order valence-corrected chi connectivity index (χ1v) is 10.6. The molecule has 139 valence electrons. The molecule has 6 nitrogen and oxygen atoms in total. The van der Waals surface area contributed by atoms with E-state index in [1.54, 1.807) is 0 Å². The van der Waals surface area contributed by atoms with Crippen LogP contribution in [0.5, 0.6) is 0 Å². The Labute approximate surface area is 158 Å². The van der Waals surface area contributed by atoms with E-state index in [1.165, 1.54) is 0 Å². The number of likely N-dealkylation sites (N-methyl/N-ethyl adjacent to an activating group) is 1. The number of carbonyl (C=O) groups is 1. The first kappa shape index (κ1) is 28.5. The Balaban J connectivity index is -0.00000128. The quantitative estimate of drug-likeness (QED) is 0.275. The first-order chi connectivity index (χ1) is 10.3. The standard InChI is InChI=1S/C12H27N2O4PS.C2H6.V/c1-4-14(8-6-13)7-5-12(2,3)11(15)18-9-10-20-19(16)17;1-2;/h16-17H,4-10,13H2,1-3H3;1-2H3;. The van der Waals surface area contributed by atoms with Crippen LogP contribution in [0.1, 0.15) is 41.0 Å². The largest absolute Gasteiger partial charge is 0.464 e. The van der Waals surface area contributed by atoms with E-state index in [4.69, 9.17) is 20.3 Å².